The van der Waals surface area contributed by atoms with Gasteiger partial charge in [0.15, 0.2) is 0 Å². The summed E-state index contributed by atoms with van der Waals surface area (Å²) >= 11 is 6.47. The summed E-state index contributed by atoms with van der Waals surface area (Å²) in [6.45, 7) is 6.52. The fourth-order valence-electron chi connectivity index (χ4n) is 6.01. The van der Waals surface area contributed by atoms with Crippen molar-refractivity contribution in [3.8, 4) is 5.75 Å². The molecule has 1 aliphatic heterocycles. The summed E-state index contributed by atoms with van der Waals surface area (Å²) in [5, 5.41) is 6.82. The van der Waals surface area contributed by atoms with Gasteiger partial charge in [-0.1, -0.05) is 42.5 Å². The zero-order valence-electron chi connectivity index (χ0n) is 24.1. The molecular formula is C35H31ClN4O3. The number of aromatic nitrogens is 2. The fraction of sp³-hybridized carbons (Fsp3) is 0.200. The summed E-state index contributed by atoms with van der Waals surface area (Å²) in [5.41, 5.74) is 4.76. The summed E-state index contributed by atoms with van der Waals surface area (Å²) in [5.74, 6) is 0.744. The van der Waals surface area contributed by atoms with Crippen molar-refractivity contribution in [2.24, 2.45) is 0 Å². The maximum Gasteiger partial charge on any atom is 0.274 e. The Bertz CT molecular complexity index is 2020. The highest BCUT2D eigenvalue weighted by atomic mass is 35.5. The average molecular weight is 591 g/mol. The van der Waals surface area contributed by atoms with E-state index < -0.39 is 5.60 Å². The number of nitrogens with one attached hydrogen (secondary N) is 3. The van der Waals surface area contributed by atoms with E-state index in [0.717, 1.165) is 49.6 Å². The standard InChI is InChI=1S/C35H31ClN4O3/c1-35(2,3)43-31-17-30-32(25-10-6-5-9-24(25)31)22(18-36)19-40(30)34(42)29-16-21-14-23(12-13-27(21)39-29)37-33(41)28-15-20-8-4-7-11-26(20)38-28/h4-17,22,38-39H,18-19H2,1-3H3,(H,37,41)/t22-/m1/s1. The number of hydrogen-bond acceptors (Lipinski definition) is 3. The number of halogens is 1. The Kier molecular flexibility index (Phi) is 6.43. The van der Waals surface area contributed by atoms with E-state index in [-0.39, 0.29) is 17.7 Å². The van der Waals surface area contributed by atoms with Crippen LogP contribution in [0, 0.1) is 0 Å². The number of rotatable bonds is 5. The highest BCUT2D eigenvalue weighted by molar-refractivity contribution is 6.19. The molecule has 1 aliphatic rings. The minimum atomic E-state index is -0.408. The molecule has 2 aromatic heterocycles. The van der Waals surface area contributed by atoms with Crippen LogP contribution in [0.5, 0.6) is 5.75 Å². The molecule has 8 heteroatoms. The molecule has 1 atom stereocenters. The Balaban J connectivity index is 1.20. The van der Waals surface area contributed by atoms with E-state index in [1.54, 1.807) is 4.90 Å². The van der Waals surface area contributed by atoms with Crippen LogP contribution in [0.4, 0.5) is 11.4 Å². The molecule has 0 fully saturated rings. The minimum Gasteiger partial charge on any atom is -0.487 e. The number of para-hydroxylation sites is 1. The lowest BCUT2D eigenvalue weighted by atomic mass is 9.95. The number of ether oxygens (including phenoxy) is 1. The third-order valence-corrected chi connectivity index (χ3v) is 8.23. The van der Waals surface area contributed by atoms with E-state index in [1.807, 2.05) is 93.6 Å². The van der Waals surface area contributed by atoms with Crippen LogP contribution >= 0.6 is 11.6 Å². The SMILES string of the molecule is CC(C)(C)Oc1cc2c(c3ccccc13)[C@H](CCl)CN2C(=O)c1cc2cc(NC(=O)c3cc4ccccc4[nH]3)ccc2[nH]1. The van der Waals surface area contributed by atoms with Crippen molar-refractivity contribution >= 4 is 67.4 Å². The van der Waals surface area contributed by atoms with Crippen molar-refractivity contribution in [1.29, 1.82) is 0 Å². The summed E-state index contributed by atoms with van der Waals surface area (Å²) in [4.78, 5) is 35.2. The fourth-order valence-corrected chi connectivity index (χ4v) is 6.26. The number of H-pyrrole nitrogens is 2. The number of anilines is 2. The van der Waals surface area contributed by atoms with Crippen molar-refractivity contribution in [1.82, 2.24) is 9.97 Å². The van der Waals surface area contributed by atoms with Crippen molar-refractivity contribution in [2.75, 3.05) is 22.6 Å². The molecule has 7 rings (SSSR count). The molecule has 6 aromatic rings. The molecule has 0 unspecified atom stereocenters. The van der Waals surface area contributed by atoms with E-state index >= 15 is 0 Å². The van der Waals surface area contributed by atoms with Crippen LogP contribution in [-0.4, -0.2) is 39.8 Å². The summed E-state index contributed by atoms with van der Waals surface area (Å²) in [7, 11) is 0. The zero-order chi connectivity index (χ0) is 29.9. The van der Waals surface area contributed by atoms with E-state index in [9.17, 15) is 9.59 Å². The van der Waals surface area contributed by atoms with Gasteiger partial charge in [-0.2, -0.15) is 0 Å². The first-order valence-corrected chi connectivity index (χ1v) is 14.9. The van der Waals surface area contributed by atoms with Gasteiger partial charge in [-0.05, 0) is 68.1 Å². The molecule has 2 amide bonds. The lowest BCUT2D eigenvalue weighted by molar-refractivity contribution is 0.0982. The number of nitrogens with zero attached hydrogens (tertiary/aromatic N) is 1. The minimum absolute atomic E-state index is 0.00923. The normalized spacial score (nSPS) is 14.9. The second-order valence-electron chi connectivity index (χ2n) is 12.0. The molecule has 216 valence electrons. The molecule has 7 nitrogen and oxygen atoms in total. The molecule has 0 spiro atoms. The molecule has 0 saturated heterocycles. The second-order valence-corrected chi connectivity index (χ2v) is 12.4. The summed E-state index contributed by atoms with van der Waals surface area (Å²) in [6, 6.07) is 27.1. The lowest BCUT2D eigenvalue weighted by Crippen LogP contribution is -2.30. The predicted molar refractivity (Wildman–Crippen MR) is 174 cm³/mol. The Morgan fingerprint density at radius 3 is 2.35 bits per heavy atom. The number of fused-ring (bicyclic) bond motifs is 5. The molecule has 3 N–H and O–H groups in total. The van der Waals surface area contributed by atoms with Crippen LogP contribution in [0.25, 0.3) is 32.6 Å². The second kappa shape index (κ2) is 10.2. The van der Waals surface area contributed by atoms with Gasteiger partial charge in [0.2, 0.25) is 0 Å². The smallest absolute Gasteiger partial charge is 0.274 e. The topological polar surface area (TPSA) is 90.2 Å². The number of carbonyl (C=O) groups is 2. The number of alkyl halides is 1. The zero-order valence-corrected chi connectivity index (χ0v) is 24.9. The Labute approximate surface area is 253 Å². The highest BCUT2D eigenvalue weighted by Crippen LogP contribution is 2.46. The first kappa shape index (κ1) is 27.1. The van der Waals surface area contributed by atoms with Gasteiger partial charge in [-0.25, -0.2) is 0 Å². The Morgan fingerprint density at radius 2 is 1.58 bits per heavy atom. The van der Waals surface area contributed by atoms with Crippen molar-refractivity contribution in [3.05, 3.63) is 102 Å². The van der Waals surface area contributed by atoms with Crippen molar-refractivity contribution in [2.45, 2.75) is 32.3 Å². The molecule has 0 bridgehead atoms. The van der Waals surface area contributed by atoms with Crippen LogP contribution in [-0.2, 0) is 0 Å². The van der Waals surface area contributed by atoms with Crippen LogP contribution in [0.1, 0.15) is 53.2 Å². The van der Waals surface area contributed by atoms with Gasteiger partial charge in [-0.15, -0.1) is 11.6 Å². The van der Waals surface area contributed by atoms with Gasteiger partial charge in [0.1, 0.15) is 22.7 Å². The van der Waals surface area contributed by atoms with E-state index in [4.69, 9.17) is 16.3 Å². The number of carbonyl (C=O) groups excluding carboxylic acids is 2. The van der Waals surface area contributed by atoms with Crippen LogP contribution in [0.2, 0.25) is 0 Å². The van der Waals surface area contributed by atoms with Gasteiger partial charge in [0.25, 0.3) is 11.8 Å². The first-order chi connectivity index (χ1) is 20.7. The molecule has 4 aromatic carbocycles. The monoisotopic (exact) mass is 590 g/mol. The number of benzene rings is 4. The van der Waals surface area contributed by atoms with Crippen molar-refractivity contribution in [3.63, 3.8) is 0 Å². The quantitative estimate of drug-likeness (QED) is 0.177. The Morgan fingerprint density at radius 1 is 0.884 bits per heavy atom. The molecule has 0 saturated carbocycles. The van der Waals surface area contributed by atoms with Gasteiger partial charge < -0.3 is 24.9 Å². The maximum absolute atomic E-state index is 14.0. The van der Waals surface area contributed by atoms with E-state index in [2.05, 4.69) is 27.4 Å². The van der Waals surface area contributed by atoms with Crippen LogP contribution in [0.3, 0.4) is 0 Å². The maximum atomic E-state index is 14.0. The Hall–Kier alpha value is -4.75. The van der Waals surface area contributed by atoms with E-state index in [0.29, 0.717) is 29.5 Å². The third kappa shape index (κ3) is 4.89. The largest absolute Gasteiger partial charge is 0.487 e. The number of aromatic amines is 2. The summed E-state index contributed by atoms with van der Waals surface area (Å²) in [6.07, 6.45) is 0. The number of hydrogen-bond donors (Lipinski definition) is 3. The average Bonchev–Trinajstić information content (AvgIpc) is 3.71. The first-order valence-electron chi connectivity index (χ1n) is 14.3. The third-order valence-electron chi connectivity index (χ3n) is 7.86. The van der Waals surface area contributed by atoms with Gasteiger partial charge in [-0.3, -0.25) is 9.59 Å². The molecule has 0 aliphatic carbocycles. The lowest BCUT2D eigenvalue weighted by Gasteiger charge is -2.25. The molecule has 43 heavy (non-hydrogen) atoms. The molecular weight excluding hydrogens is 560 g/mol. The van der Waals surface area contributed by atoms with Crippen LogP contribution in [0.15, 0.2) is 84.9 Å². The van der Waals surface area contributed by atoms with Gasteiger partial charge in [0.05, 0.1) is 5.69 Å². The van der Waals surface area contributed by atoms with Gasteiger partial charge >= 0.3 is 0 Å². The summed E-state index contributed by atoms with van der Waals surface area (Å²) < 4.78 is 6.37. The van der Waals surface area contributed by atoms with E-state index in [1.165, 1.54) is 0 Å². The van der Waals surface area contributed by atoms with Gasteiger partial charge in [0, 0.05) is 57.3 Å². The number of amides is 2. The van der Waals surface area contributed by atoms with Crippen molar-refractivity contribution < 1.29 is 14.3 Å². The molecule has 0 radical (unpaired) electrons. The predicted octanol–water partition coefficient (Wildman–Crippen LogP) is 8.21. The van der Waals surface area contributed by atoms with Crippen LogP contribution < -0.4 is 15.0 Å². The molecule has 3 heterocycles. The highest BCUT2D eigenvalue weighted by Gasteiger charge is 2.36.